The first-order valence-corrected chi connectivity index (χ1v) is 6.26. The Bertz CT molecular complexity index is 492. The van der Waals surface area contributed by atoms with Crippen LogP contribution in [-0.2, 0) is 11.3 Å². The van der Waals surface area contributed by atoms with Gasteiger partial charge in [-0.2, -0.15) is 0 Å². The number of nitrogens with zero attached hydrogens (tertiary/aromatic N) is 2. The summed E-state index contributed by atoms with van der Waals surface area (Å²) in [6.45, 7) is 2.30. The van der Waals surface area contributed by atoms with Crippen LogP contribution in [0.25, 0.3) is 0 Å². The molecular weight excluding hydrogens is 244 g/mol. The summed E-state index contributed by atoms with van der Waals surface area (Å²) < 4.78 is 0. The van der Waals surface area contributed by atoms with Crippen molar-refractivity contribution in [2.45, 2.75) is 32.7 Å². The zero-order valence-corrected chi connectivity index (χ0v) is 10.9. The number of hydrogen-bond acceptors (Lipinski definition) is 4. The molecule has 1 fully saturated rings. The second-order valence-electron chi connectivity index (χ2n) is 4.91. The largest absolute Gasteiger partial charge is 0.409 e. The van der Waals surface area contributed by atoms with Crippen molar-refractivity contribution < 1.29 is 10.0 Å². The molecule has 0 aliphatic heterocycles. The normalized spacial score (nSPS) is 17.6. The molecule has 1 saturated carbocycles. The fraction of sp³-hybridized carbons (Fsp3) is 0.462. The number of nitrogens with two attached hydrogens (primary N) is 1. The van der Waals surface area contributed by atoms with Crippen LogP contribution in [0.15, 0.2) is 23.5 Å². The van der Waals surface area contributed by atoms with Gasteiger partial charge in [0.05, 0.1) is 0 Å². The molecule has 4 N–H and O–H groups in total. The van der Waals surface area contributed by atoms with Gasteiger partial charge in [0.15, 0.2) is 5.84 Å². The first-order chi connectivity index (χ1) is 9.08. The average Bonchev–Trinajstić information content (AvgIpc) is 2.36. The highest BCUT2D eigenvalue weighted by Gasteiger charge is 2.48. The molecule has 2 rings (SSSR count). The Balaban J connectivity index is 1.99. The molecule has 0 atom stereocenters. The van der Waals surface area contributed by atoms with Gasteiger partial charge in [-0.1, -0.05) is 17.6 Å². The van der Waals surface area contributed by atoms with Crippen molar-refractivity contribution in [2.75, 3.05) is 0 Å². The third kappa shape index (κ3) is 2.52. The monoisotopic (exact) mass is 262 g/mol. The number of amidine groups is 1. The van der Waals surface area contributed by atoms with Gasteiger partial charge in [-0.05, 0) is 31.4 Å². The second kappa shape index (κ2) is 5.26. The van der Waals surface area contributed by atoms with E-state index in [-0.39, 0.29) is 11.7 Å². The van der Waals surface area contributed by atoms with Crippen LogP contribution in [0, 0.1) is 12.3 Å². The maximum atomic E-state index is 12.2. The minimum Gasteiger partial charge on any atom is -0.409 e. The van der Waals surface area contributed by atoms with Crippen LogP contribution in [-0.4, -0.2) is 21.9 Å². The molecule has 0 aromatic carbocycles. The molecule has 1 heterocycles. The van der Waals surface area contributed by atoms with Crippen LogP contribution >= 0.6 is 0 Å². The zero-order chi connectivity index (χ0) is 13.9. The van der Waals surface area contributed by atoms with Gasteiger partial charge in [-0.15, -0.1) is 0 Å². The summed E-state index contributed by atoms with van der Waals surface area (Å²) >= 11 is 0. The predicted octanol–water partition coefficient (Wildman–Crippen LogP) is 0.923. The third-order valence-corrected chi connectivity index (χ3v) is 3.67. The minimum atomic E-state index is -0.827. The number of pyridine rings is 1. The first kappa shape index (κ1) is 13.3. The molecule has 1 aliphatic rings. The first-order valence-electron chi connectivity index (χ1n) is 6.26. The summed E-state index contributed by atoms with van der Waals surface area (Å²) in [5, 5.41) is 14.6. The van der Waals surface area contributed by atoms with Crippen LogP contribution in [0.4, 0.5) is 0 Å². The predicted molar refractivity (Wildman–Crippen MR) is 70.5 cm³/mol. The maximum Gasteiger partial charge on any atom is 0.234 e. The molecular formula is C13H18N4O2. The summed E-state index contributed by atoms with van der Waals surface area (Å²) in [6, 6.07) is 3.81. The van der Waals surface area contributed by atoms with Crippen molar-refractivity contribution >= 4 is 11.7 Å². The molecule has 0 saturated heterocycles. The number of carbonyl (C=O) groups excluding carboxylic acids is 1. The zero-order valence-electron chi connectivity index (χ0n) is 10.9. The van der Waals surface area contributed by atoms with E-state index in [0.717, 1.165) is 17.7 Å². The lowest BCUT2D eigenvalue weighted by molar-refractivity contribution is -0.131. The lowest BCUT2D eigenvalue weighted by atomic mass is 9.67. The lowest BCUT2D eigenvalue weighted by Crippen LogP contribution is -2.53. The van der Waals surface area contributed by atoms with E-state index in [4.69, 9.17) is 10.9 Å². The summed E-state index contributed by atoms with van der Waals surface area (Å²) in [7, 11) is 0. The summed E-state index contributed by atoms with van der Waals surface area (Å²) in [6.07, 6.45) is 3.89. The van der Waals surface area contributed by atoms with Gasteiger partial charge in [0.1, 0.15) is 5.41 Å². The Morgan fingerprint density at radius 3 is 2.79 bits per heavy atom. The average molecular weight is 262 g/mol. The topological polar surface area (TPSA) is 101 Å². The van der Waals surface area contributed by atoms with Crippen LogP contribution in [0.1, 0.15) is 30.5 Å². The molecule has 1 aliphatic carbocycles. The number of nitrogens with one attached hydrogen (secondary N) is 1. The van der Waals surface area contributed by atoms with Crippen molar-refractivity contribution in [3.8, 4) is 0 Å². The Kier molecular flexibility index (Phi) is 3.69. The molecule has 19 heavy (non-hydrogen) atoms. The Labute approximate surface area is 111 Å². The number of carbonyl (C=O) groups is 1. The molecule has 0 unspecified atom stereocenters. The van der Waals surface area contributed by atoms with Gasteiger partial charge in [-0.25, -0.2) is 0 Å². The molecule has 1 aromatic heterocycles. The smallest absolute Gasteiger partial charge is 0.234 e. The number of hydrogen-bond donors (Lipinski definition) is 3. The fourth-order valence-electron chi connectivity index (χ4n) is 2.18. The Hall–Kier alpha value is -2.11. The van der Waals surface area contributed by atoms with Gasteiger partial charge < -0.3 is 16.3 Å². The summed E-state index contributed by atoms with van der Waals surface area (Å²) in [5.41, 5.74) is 6.66. The molecule has 1 amide bonds. The minimum absolute atomic E-state index is 0.00159. The summed E-state index contributed by atoms with van der Waals surface area (Å²) in [5.74, 6) is -0.187. The van der Waals surface area contributed by atoms with E-state index in [1.54, 1.807) is 6.20 Å². The Morgan fingerprint density at radius 2 is 2.32 bits per heavy atom. The van der Waals surface area contributed by atoms with Crippen LogP contribution in [0.2, 0.25) is 0 Å². The maximum absolute atomic E-state index is 12.2. The fourth-order valence-corrected chi connectivity index (χ4v) is 2.18. The van der Waals surface area contributed by atoms with Crippen molar-refractivity contribution in [3.05, 3.63) is 29.6 Å². The van der Waals surface area contributed by atoms with E-state index in [0.29, 0.717) is 19.4 Å². The molecule has 0 spiro atoms. The molecule has 102 valence electrons. The lowest BCUT2D eigenvalue weighted by Gasteiger charge is -2.38. The van der Waals surface area contributed by atoms with E-state index in [1.807, 2.05) is 19.1 Å². The number of amides is 1. The van der Waals surface area contributed by atoms with Crippen LogP contribution in [0.3, 0.4) is 0 Å². The van der Waals surface area contributed by atoms with E-state index in [2.05, 4.69) is 15.5 Å². The van der Waals surface area contributed by atoms with Gasteiger partial charge in [-0.3, -0.25) is 9.78 Å². The quantitative estimate of drug-likeness (QED) is 0.325. The highest BCUT2D eigenvalue weighted by atomic mass is 16.4. The van der Waals surface area contributed by atoms with E-state index in [1.165, 1.54) is 0 Å². The van der Waals surface area contributed by atoms with E-state index < -0.39 is 5.41 Å². The van der Waals surface area contributed by atoms with E-state index >= 15 is 0 Å². The van der Waals surface area contributed by atoms with Crippen LogP contribution < -0.4 is 11.1 Å². The van der Waals surface area contributed by atoms with Crippen molar-refractivity contribution in [1.82, 2.24) is 10.3 Å². The summed E-state index contributed by atoms with van der Waals surface area (Å²) in [4.78, 5) is 16.3. The van der Waals surface area contributed by atoms with Gasteiger partial charge >= 0.3 is 0 Å². The van der Waals surface area contributed by atoms with Crippen molar-refractivity contribution in [2.24, 2.45) is 16.3 Å². The highest BCUT2D eigenvalue weighted by Crippen LogP contribution is 2.41. The number of aromatic nitrogens is 1. The molecule has 6 nitrogen and oxygen atoms in total. The van der Waals surface area contributed by atoms with E-state index in [9.17, 15) is 4.79 Å². The Morgan fingerprint density at radius 1 is 1.58 bits per heavy atom. The molecule has 0 bridgehead atoms. The number of aryl methyl sites for hydroxylation is 1. The standard InChI is InChI=1S/C13H18N4O2/c1-9-3-4-10(7-15-9)8-16-12(18)13(5-2-6-13)11(14)17-19/h3-4,7,19H,2,5-6,8H2,1H3,(H2,14,17)(H,16,18). The SMILES string of the molecule is Cc1ccc(CNC(=O)C2(/C(N)=N/O)CCC2)cn1. The number of oxime groups is 1. The van der Waals surface area contributed by atoms with Crippen molar-refractivity contribution in [3.63, 3.8) is 0 Å². The molecule has 1 aromatic rings. The molecule has 6 heteroatoms. The van der Waals surface area contributed by atoms with Crippen molar-refractivity contribution in [1.29, 1.82) is 0 Å². The van der Waals surface area contributed by atoms with Gasteiger partial charge in [0.2, 0.25) is 5.91 Å². The number of rotatable bonds is 4. The molecule has 0 radical (unpaired) electrons. The van der Waals surface area contributed by atoms with Gasteiger partial charge in [0.25, 0.3) is 0 Å². The van der Waals surface area contributed by atoms with Crippen LogP contribution in [0.5, 0.6) is 0 Å². The third-order valence-electron chi connectivity index (χ3n) is 3.67. The second-order valence-corrected chi connectivity index (χ2v) is 4.91. The van der Waals surface area contributed by atoms with Gasteiger partial charge in [0, 0.05) is 18.4 Å². The highest BCUT2D eigenvalue weighted by molar-refractivity contribution is 6.07.